The molecule has 0 spiro atoms. The first-order valence-electron chi connectivity index (χ1n) is 6.66. The first-order chi connectivity index (χ1) is 8.49. The van der Waals surface area contributed by atoms with Crippen molar-refractivity contribution in [2.75, 3.05) is 0 Å². The second kappa shape index (κ2) is 4.17. The van der Waals surface area contributed by atoms with Gasteiger partial charge in [-0.2, -0.15) is 5.10 Å². The largest absolute Gasteiger partial charge is 0.385 e. The van der Waals surface area contributed by atoms with E-state index in [0.29, 0.717) is 18.9 Å². The van der Waals surface area contributed by atoms with Crippen LogP contribution in [0.1, 0.15) is 51.1 Å². The van der Waals surface area contributed by atoms with E-state index in [1.807, 2.05) is 10.9 Å². The van der Waals surface area contributed by atoms with Gasteiger partial charge in [-0.1, -0.05) is 0 Å². The second-order valence-electron chi connectivity index (χ2n) is 5.89. The van der Waals surface area contributed by atoms with Crippen LogP contribution in [0.4, 0.5) is 0 Å². The van der Waals surface area contributed by atoms with E-state index in [1.54, 1.807) is 6.20 Å². The van der Waals surface area contributed by atoms with Crippen molar-refractivity contribution in [3.8, 4) is 0 Å². The zero-order valence-corrected chi connectivity index (χ0v) is 11.7. The molecule has 0 radical (unpaired) electrons. The Morgan fingerprint density at radius 3 is 2.56 bits per heavy atom. The van der Waals surface area contributed by atoms with Crippen molar-refractivity contribution in [1.29, 1.82) is 0 Å². The Hall–Kier alpha value is -0.680. The van der Waals surface area contributed by atoms with Gasteiger partial charge in [0, 0.05) is 39.1 Å². The van der Waals surface area contributed by atoms with Crippen molar-refractivity contribution in [2.24, 2.45) is 0 Å². The van der Waals surface area contributed by atoms with E-state index in [1.165, 1.54) is 0 Å². The predicted octanol–water partition coefficient (Wildman–Crippen LogP) is 1.73. The summed E-state index contributed by atoms with van der Waals surface area (Å²) in [7, 11) is -0.728. The van der Waals surface area contributed by atoms with Crippen molar-refractivity contribution in [3.05, 3.63) is 18.0 Å². The van der Waals surface area contributed by atoms with Gasteiger partial charge in [0.05, 0.1) is 11.8 Å². The van der Waals surface area contributed by atoms with Crippen LogP contribution in [0.15, 0.2) is 12.4 Å². The molecule has 3 heterocycles. The van der Waals surface area contributed by atoms with Crippen molar-refractivity contribution in [2.45, 2.75) is 61.7 Å². The molecule has 18 heavy (non-hydrogen) atoms. The van der Waals surface area contributed by atoms with Crippen LogP contribution in [0, 0.1) is 0 Å². The van der Waals surface area contributed by atoms with Gasteiger partial charge >= 0.3 is 0 Å². The second-order valence-corrected chi connectivity index (χ2v) is 7.88. The summed E-state index contributed by atoms with van der Waals surface area (Å²) in [6.45, 7) is 4.14. The van der Waals surface area contributed by atoms with E-state index in [0.717, 1.165) is 18.4 Å². The minimum Gasteiger partial charge on any atom is -0.385 e. The molecule has 0 saturated carbocycles. The highest BCUT2D eigenvalue weighted by molar-refractivity contribution is 7.86. The van der Waals surface area contributed by atoms with Crippen molar-refractivity contribution in [1.82, 2.24) is 9.78 Å². The normalized spacial score (nSPS) is 39.4. The molecular weight excluding hydrogens is 248 g/mol. The number of rotatable bonds is 2. The van der Waals surface area contributed by atoms with Crippen LogP contribution in [-0.4, -0.2) is 29.6 Å². The minimum atomic E-state index is -0.813. The third-order valence-electron chi connectivity index (χ3n) is 4.27. The maximum absolute atomic E-state index is 12.0. The summed E-state index contributed by atoms with van der Waals surface area (Å²) in [6.07, 6.45) is 6.96. The van der Waals surface area contributed by atoms with Crippen LogP contribution in [0.25, 0.3) is 0 Å². The summed E-state index contributed by atoms with van der Waals surface area (Å²) < 4.78 is 13.9. The average molecular weight is 268 g/mol. The lowest BCUT2D eigenvalue weighted by molar-refractivity contribution is 0.0183. The van der Waals surface area contributed by atoms with E-state index in [4.69, 9.17) is 0 Å². The Balaban J connectivity index is 1.89. The molecule has 3 rings (SSSR count). The lowest BCUT2D eigenvalue weighted by Gasteiger charge is -2.35. The maximum atomic E-state index is 12.0. The van der Waals surface area contributed by atoms with E-state index >= 15 is 0 Å². The fourth-order valence-electron chi connectivity index (χ4n) is 3.18. The van der Waals surface area contributed by atoms with E-state index in [9.17, 15) is 9.32 Å². The molecule has 4 nitrogen and oxygen atoms in total. The molecule has 5 heteroatoms. The highest BCUT2D eigenvalue weighted by Crippen LogP contribution is 2.45. The topological polar surface area (TPSA) is 55.1 Å². The quantitative estimate of drug-likeness (QED) is 0.888. The molecule has 0 aliphatic carbocycles. The Labute approximate surface area is 110 Å². The molecule has 2 saturated heterocycles. The highest BCUT2D eigenvalue weighted by atomic mass is 32.2. The number of aliphatic hydroxyl groups is 1. The van der Waals surface area contributed by atoms with Crippen molar-refractivity contribution < 1.29 is 9.32 Å². The Bertz CT molecular complexity index is 467. The molecular formula is C13H20N2O2S. The minimum absolute atomic E-state index is 0.177. The van der Waals surface area contributed by atoms with Crippen molar-refractivity contribution in [3.63, 3.8) is 0 Å². The van der Waals surface area contributed by atoms with Gasteiger partial charge in [-0.15, -0.1) is 0 Å². The molecule has 1 aromatic rings. The number of nitrogens with zero attached hydrogens (tertiary/aromatic N) is 2. The summed E-state index contributed by atoms with van der Waals surface area (Å²) in [5.74, 6) is 0. The lowest BCUT2D eigenvalue weighted by atomic mass is 9.88. The molecule has 1 N–H and O–H groups in total. The molecule has 1 aromatic heterocycles. The summed E-state index contributed by atoms with van der Waals surface area (Å²) in [6, 6.07) is 0.303. The van der Waals surface area contributed by atoms with Gasteiger partial charge in [0.1, 0.15) is 0 Å². The third-order valence-corrected chi connectivity index (χ3v) is 6.39. The summed E-state index contributed by atoms with van der Waals surface area (Å²) >= 11 is 0. The molecule has 2 aliphatic heterocycles. The molecule has 2 fully saturated rings. The average Bonchev–Trinajstić information content (AvgIpc) is 2.87. The van der Waals surface area contributed by atoms with Crippen LogP contribution in [0.5, 0.6) is 0 Å². The van der Waals surface area contributed by atoms with Gasteiger partial charge in [-0.3, -0.25) is 8.89 Å². The van der Waals surface area contributed by atoms with Crippen LogP contribution in [-0.2, 0) is 16.4 Å². The molecule has 2 atom stereocenters. The van der Waals surface area contributed by atoms with Crippen LogP contribution in [0.2, 0.25) is 0 Å². The molecule has 2 aliphatic rings. The van der Waals surface area contributed by atoms with Gasteiger partial charge < -0.3 is 5.11 Å². The maximum Gasteiger partial charge on any atom is 0.0949 e. The summed E-state index contributed by atoms with van der Waals surface area (Å²) in [5, 5.41) is 15.5. The van der Waals surface area contributed by atoms with Gasteiger partial charge in [-0.05, 0) is 39.5 Å². The lowest BCUT2D eigenvalue weighted by Crippen LogP contribution is -2.40. The SMILES string of the molecule is CC(C)n1cc(C2(O)CC3CCC(C2)S3=O)cn1. The van der Waals surface area contributed by atoms with Gasteiger partial charge in [0.2, 0.25) is 0 Å². The van der Waals surface area contributed by atoms with Crippen LogP contribution in [0.3, 0.4) is 0 Å². The summed E-state index contributed by atoms with van der Waals surface area (Å²) in [4.78, 5) is 0. The highest BCUT2D eigenvalue weighted by Gasteiger charge is 2.48. The van der Waals surface area contributed by atoms with Crippen LogP contribution >= 0.6 is 0 Å². The monoisotopic (exact) mass is 268 g/mol. The van der Waals surface area contributed by atoms with E-state index in [-0.39, 0.29) is 10.5 Å². The summed E-state index contributed by atoms with van der Waals surface area (Å²) in [5.41, 5.74) is 0.0807. The molecule has 100 valence electrons. The molecule has 0 aromatic carbocycles. The number of hydrogen-bond acceptors (Lipinski definition) is 3. The number of fused-ring (bicyclic) bond motifs is 2. The first kappa shape index (κ1) is 12.4. The zero-order valence-electron chi connectivity index (χ0n) is 10.9. The Kier molecular flexibility index (Phi) is 2.86. The zero-order chi connectivity index (χ0) is 12.9. The van der Waals surface area contributed by atoms with Gasteiger partial charge in [0.15, 0.2) is 0 Å². The number of aromatic nitrogens is 2. The fourth-order valence-corrected chi connectivity index (χ4v) is 5.34. The Morgan fingerprint density at radius 2 is 2.06 bits per heavy atom. The Morgan fingerprint density at radius 1 is 1.44 bits per heavy atom. The molecule has 2 unspecified atom stereocenters. The molecule has 2 bridgehead atoms. The smallest absolute Gasteiger partial charge is 0.0949 e. The van der Waals surface area contributed by atoms with E-state index < -0.39 is 16.4 Å². The predicted molar refractivity (Wildman–Crippen MR) is 70.7 cm³/mol. The fraction of sp³-hybridized carbons (Fsp3) is 0.769. The molecule has 0 amide bonds. The van der Waals surface area contributed by atoms with Gasteiger partial charge in [-0.25, -0.2) is 0 Å². The standard InChI is InChI=1S/C13H20N2O2S/c1-9(2)15-8-10(7-14-15)13(16)5-11-3-4-12(6-13)18(11)17/h7-9,11-12,16H,3-6H2,1-2H3. The first-order valence-corrected chi connectivity index (χ1v) is 7.93. The number of hydrogen-bond donors (Lipinski definition) is 1. The van der Waals surface area contributed by atoms with Crippen molar-refractivity contribution >= 4 is 10.8 Å². The van der Waals surface area contributed by atoms with Crippen LogP contribution < -0.4 is 0 Å². The third kappa shape index (κ3) is 1.84. The van der Waals surface area contributed by atoms with Gasteiger partial charge in [0.25, 0.3) is 0 Å². The van der Waals surface area contributed by atoms with E-state index in [2.05, 4.69) is 18.9 Å².